The van der Waals surface area contributed by atoms with Crippen LogP contribution in [-0.4, -0.2) is 38.0 Å². The molecule has 1 aliphatic heterocycles. The second kappa shape index (κ2) is 5.81. The van der Waals surface area contributed by atoms with Crippen molar-refractivity contribution < 1.29 is 8.42 Å². The van der Waals surface area contributed by atoms with E-state index in [9.17, 15) is 8.42 Å². The zero-order valence-corrected chi connectivity index (χ0v) is 13.2. The van der Waals surface area contributed by atoms with E-state index in [1.54, 1.807) is 0 Å². The number of hydrogen-bond acceptors (Lipinski definition) is 4. The lowest BCUT2D eigenvalue weighted by atomic mass is 10.1. The Morgan fingerprint density at radius 1 is 1.19 bits per heavy atom. The lowest BCUT2D eigenvalue weighted by Crippen LogP contribution is -2.27. The Kier molecular flexibility index (Phi) is 4.04. The molecule has 1 saturated heterocycles. The van der Waals surface area contributed by atoms with E-state index in [-0.39, 0.29) is 11.5 Å². The van der Waals surface area contributed by atoms with Crippen LogP contribution in [0.4, 0.5) is 5.69 Å². The second-order valence-electron chi connectivity index (χ2n) is 5.28. The SMILES string of the molecule is O=S1(=O)CCCN(c2cc(CCl)nc3ccccc23)CC1. The number of alkyl halides is 1. The third kappa shape index (κ3) is 3.14. The first-order valence-corrected chi connectivity index (χ1v) is 9.35. The van der Waals surface area contributed by atoms with Gasteiger partial charge in [0.1, 0.15) is 0 Å². The van der Waals surface area contributed by atoms with Gasteiger partial charge in [0.15, 0.2) is 9.84 Å². The average Bonchev–Trinajstić information content (AvgIpc) is 2.67. The third-order valence-electron chi connectivity index (χ3n) is 3.78. The Morgan fingerprint density at radius 3 is 2.81 bits per heavy atom. The lowest BCUT2D eigenvalue weighted by molar-refractivity contribution is 0.597. The number of rotatable bonds is 2. The second-order valence-corrected chi connectivity index (χ2v) is 7.85. The van der Waals surface area contributed by atoms with Crippen LogP contribution in [-0.2, 0) is 15.7 Å². The van der Waals surface area contributed by atoms with Crippen molar-refractivity contribution in [2.75, 3.05) is 29.5 Å². The molecule has 2 heterocycles. The zero-order chi connectivity index (χ0) is 14.9. The molecular formula is C15H17ClN2O2S. The summed E-state index contributed by atoms with van der Waals surface area (Å²) in [6.07, 6.45) is 0.662. The Balaban J connectivity index is 2.06. The minimum Gasteiger partial charge on any atom is -0.370 e. The van der Waals surface area contributed by atoms with Crippen molar-refractivity contribution in [2.24, 2.45) is 0 Å². The summed E-state index contributed by atoms with van der Waals surface area (Å²) in [7, 11) is -2.91. The van der Waals surface area contributed by atoms with Crippen LogP contribution in [0.3, 0.4) is 0 Å². The minimum absolute atomic E-state index is 0.208. The summed E-state index contributed by atoms with van der Waals surface area (Å²) < 4.78 is 23.5. The summed E-state index contributed by atoms with van der Waals surface area (Å²) >= 11 is 5.94. The number of nitrogens with zero attached hydrogens (tertiary/aromatic N) is 2. The first-order valence-electron chi connectivity index (χ1n) is 6.99. The molecule has 1 aromatic carbocycles. The van der Waals surface area contributed by atoms with Crippen molar-refractivity contribution in [1.82, 2.24) is 4.98 Å². The Morgan fingerprint density at radius 2 is 2.00 bits per heavy atom. The number of anilines is 1. The van der Waals surface area contributed by atoms with Gasteiger partial charge in [-0.3, -0.25) is 4.98 Å². The highest BCUT2D eigenvalue weighted by molar-refractivity contribution is 7.91. The normalized spacial score (nSPS) is 18.6. The summed E-state index contributed by atoms with van der Waals surface area (Å²) in [5.41, 5.74) is 2.75. The maximum atomic E-state index is 11.8. The number of pyridine rings is 1. The highest BCUT2D eigenvalue weighted by atomic mass is 35.5. The first-order chi connectivity index (χ1) is 10.1. The topological polar surface area (TPSA) is 50.3 Å². The van der Waals surface area contributed by atoms with Crippen LogP contribution >= 0.6 is 11.6 Å². The summed E-state index contributed by atoms with van der Waals surface area (Å²) in [6.45, 7) is 1.27. The minimum atomic E-state index is -2.91. The van der Waals surface area contributed by atoms with Crippen LogP contribution in [0.2, 0.25) is 0 Å². The molecule has 6 heteroatoms. The third-order valence-corrected chi connectivity index (χ3v) is 5.77. The van der Waals surface area contributed by atoms with Gasteiger partial charge >= 0.3 is 0 Å². The van der Waals surface area contributed by atoms with E-state index >= 15 is 0 Å². The maximum Gasteiger partial charge on any atom is 0.152 e. The van der Waals surface area contributed by atoms with Crippen molar-refractivity contribution in [3.05, 3.63) is 36.0 Å². The monoisotopic (exact) mass is 324 g/mol. The highest BCUT2D eigenvalue weighted by Gasteiger charge is 2.21. The molecule has 4 nitrogen and oxygen atoms in total. The molecule has 0 amide bonds. The number of aromatic nitrogens is 1. The van der Waals surface area contributed by atoms with Crippen LogP contribution in [0.25, 0.3) is 10.9 Å². The summed E-state index contributed by atoms with van der Waals surface area (Å²) in [5.74, 6) is 0.832. The van der Waals surface area contributed by atoms with Gasteiger partial charge in [-0.2, -0.15) is 0 Å². The molecule has 0 bridgehead atoms. The van der Waals surface area contributed by atoms with Crippen molar-refractivity contribution in [1.29, 1.82) is 0 Å². The first kappa shape index (κ1) is 14.6. The van der Waals surface area contributed by atoms with E-state index < -0.39 is 9.84 Å². The van der Waals surface area contributed by atoms with Crippen molar-refractivity contribution in [3.8, 4) is 0 Å². The van der Waals surface area contributed by atoms with Gasteiger partial charge in [-0.05, 0) is 18.6 Å². The molecule has 112 valence electrons. The quantitative estimate of drug-likeness (QED) is 0.797. The summed E-state index contributed by atoms with van der Waals surface area (Å²) in [6, 6.07) is 9.89. The van der Waals surface area contributed by atoms with Gasteiger partial charge in [-0.25, -0.2) is 8.42 Å². The predicted octanol–water partition coefficient (Wildman–Crippen LogP) is 2.60. The molecule has 0 aliphatic carbocycles. The predicted molar refractivity (Wildman–Crippen MR) is 86.8 cm³/mol. The Hall–Kier alpha value is -1.33. The van der Waals surface area contributed by atoms with E-state index in [4.69, 9.17) is 11.6 Å². The van der Waals surface area contributed by atoms with E-state index in [0.717, 1.165) is 28.8 Å². The van der Waals surface area contributed by atoms with Gasteiger partial charge in [0.25, 0.3) is 0 Å². The molecule has 0 atom stereocenters. The number of halogens is 1. The Bertz CT molecular complexity index is 761. The van der Waals surface area contributed by atoms with Gasteiger partial charge < -0.3 is 4.90 Å². The number of sulfone groups is 1. The highest BCUT2D eigenvalue weighted by Crippen LogP contribution is 2.28. The molecule has 1 aromatic heterocycles. The smallest absolute Gasteiger partial charge is 0.152 e. The molecule has 2 aromatic rings. The van der Waals surface area contributed by atoms with Gasteiger partial charge in [-0.1, -0.05) is 18.2 Å². The maximum absolute atomic E-state index is 11.8. The average molecular weight is 325 g/mol. The molecule has 0 spiro atoms. The molecule has 0 N–H and O–H groups in total. The van der Waals surface area contributed by atoms with Crippen LogP contribution in [0.5, 0.6) is 0 Å². The Labute approximate surface area is 129 Å². The summed E-state index contributed by atoms with van der Waals surface area (Å²) in [4.78, 5) is 6.67. The fourth-order valence-corrected chi connectivity index (χ4v) is 4.13. The molecule has 0 unspecified atom stereocenters. The number of hydrogen-bond donors (Lipinski definition) is 0. The van der Waals surface area contributed by atoms with E-state index in [1.165, 1.54) is 0 Å². The number of benzene rings is 1. The van der Waals surface area contributed by atoms with Crippen LogP contribution in [0.1, 0.15) is 12.1 Å². The molecule has 21 heavy (non-hydrogen) atoms. The lowest BCUT2D eigenvalue weighted by Gasteiger charge is -2.24. The van der Waals surface area contributed by atoms with Crippen molar-refractivity contribution >= 4 is 38.0 Å². The standard InChI is InChI=1S/C15H17ClN2O2S/c16-11-12-10-15(13-4-1-2-5-14(13)17-12)18-6-3-8-21(19,20)9-7-18/h1-2,4-5,10H,3,6-9,11H2. The van der Waals surface area contributed by atoms with E-state index in [2.05, 4.69) is 9.88 Å². The number of fused-ring (bicyclic) bond motifs is 1. The molecule has 1 aliphatic rings. The zero-order valence-electron chi connectivity index (χ0n) is 11.6. The van der Waals surface area contributed by atoms with Gasteiger partial charge in [0.05, 0.1) is 28.6 Å². The summed E-state index contributed by atoms with van der Waals surface area (Å²) in [5, 5.41) is 1.05. The van der Waals surface area contributed by atoms with Gasteiger partial charge in [-0.15, -0.1) is 11.6 Å². The van der Waals surface area contributed by atoms with Gasteiger partial charge in [0.2, 0.25) is 0 Å². The molecule has 1 fully saturated rings. The molecular weight excluding hydrogens is 308 g/mol. The van der Waals surface area contributed by atoms with Crippen molar-refractivity contribution in [3.63, 3.8) is 0 Å². The van der Waals surface area contributed by atoms with Crippen LogP contribution < -0.4 is 4.90 Å². The molecule has 0 radical (unpaired) electrons. The van der Waals surface area contributed by atoms with Crippen LogP contribution in [0.15, 0.2) is 30.3 Å². The molecule has 0 saturated carbocycles. The number of para-hydroxylation sites is 1. The van der Waals surface area contributed by atoms with E-state index in [0.29, 0.717) is 18.8 Å². The largest absolute Gasteiger partial charge is 0.370 e. The van der Waals surface area contributed by atoms with Crippen molar-refractivity contribution in [2.45, 2.75) is 12.3 Å². The van der Waals surface area contributed by atoms with Gasteiger partial charge in [0, 0.05) is 24.2 Å². The fourth-order valence-electron chi connectivity index (χ4n) is 2.72. The van der Waals surface area contributed by atoms with E-state index in [1.807, 2.05) is 30.3 Å². The fraction of sp³-hybridized carbons (Fsp3) is 0.400. The van der Waals surface area contributed by atoms with Crippen LogP contribution in [0, 0.1) is 0 Å². The molecule has 3 rings (SSSR count).